The quantitative estimate of drug-likeness (QED) is 0.794. The second kappa shape index (κ2) is 9.20. The van der Waals surface area contributed by atoms with Crippen LogP contribution in [0.5, 0.6) is 5.75 Å². The molecule has 2 unspecified atom stereocenters. The molecule has 2 rings (SSSR count). The Morgan fingerprint density at radius 2 is 2.08 bits per heavy atom. The average molecular weight is 348 g/mol. The molecule has 2 N–H and O–H groups in total. The number of aliphatic hydroxyl groups is 1. The van der Waals surface area contributed by atoms with Gasteiger partial charge >= 0.3 is 0 Å². The fourth-order valence-electron chi connectivity index (χ4n) is 3.35. The highest BCUT2D eigenvalue weighted by Crippen LogP contribution is 2.25. The van der Waals surface area contributed by atoms with Crippen LogP contribution in [0, 0.1) is 20.8 Å². The van der Waals surface area contributed by atoms with Gasteiger partial charge in [-0.05, 0) is 56.8 Å². The molecule has 0 saturated carbocycles. The van der Waals surface area contributed by atoms with Crippen molar-refractivity contribution in [2.75, 3.05) is 26.2 Å². The molecular formula is C20H32N2O3. The van der Waals surface area contributed by atoms with Crippen LogP contribution in [-0.2, 0) is 4.79 Å². The third-order valence-corrected chi connectivity index (χ3v) is 4.95. The summed E-state index contributed by atoms with van der Waals surface area (Å²) in [5.74, 6) is 0.979. The summed E-state index contributed by atoms with van der Waals surface area (Å²) in [4.78, 5) is 13.8. The van der Waals surface area contributed by atoms with E-state index in [1.54, 1.807) is 0 Å². The van der Waals surface area contributed by atoms with Crippen LogP contribution in [0.2, 0.25) is 0 Å². The number of amides is 1. The van der Waals surface area contributed by atoms with Crippen molar-refractivity contribution in [3.63, 3.8) is 0 Å². The third-order valence-electron chi connectivity index (χ3n) is 4.95. The van der Waals surface area contributed by atoms with Gasteiger partial charge in [0.05, 0.1) is 0 Å². The van der Waals surface area contributed by atoms with Crippen molar-refractivity contribution in [2.45, 2.75) is 59.1 Å². The summed E-state index contributed by atoms with van der Waals surface area (Å²) in [6.45, 7) is 10.6. The van der Waals surface area contributed by atoms with Gasteiger partial charge in [-0.25, -0.2) is 0 Å². The van der Waals surface area contributed by atoms with Gasteiger partial charge in [-0.15, -0.1) is 0 Å². The molecule has 1 aromatic carbocycles. The lowest BCUT2D eigenvalue weighted by Crippen LogP contribution is -2.49. The Morgan fingerprint density at radius 3 is 2.80 bits per heavy atom. The van der Waals surface area contributed by atoms with Crippen molar-refractivity contribution in [1.29, 1.82) is 0 Å². The molecule has 25 heavy (non-hydrogen) atoms. The van der Waals surface area contributed by atoms with Crippen LogP contribution in [-0.4, -0.2) is 54.3 Å². The van der Waals surface area contributed by atoms with Gasteiger partial charge in [0.2, 0.25) is 5.91 Å². The molecule has 1 saturated heterocycles. The first-order chi connectivity index (χ1) is 11.9. The van der Waals surface area contributed by atoms with E-state index in [0.717, 1.165) is 42.8 Å². The average Bonchev–Trinajstić information content (AvgIpc) is 2.58. The molecule has 5 nitrogen and oxygen atoms in total. The number of aliphatic hydroxyl groups excluding tert-OH is 1. The molecule has 1 aliphatic rings. The van der Waals surface area contributed by atoms with Gasteiger partial charge in [-0.3, -0.25) is 9.69 Å². The number of carbonyl (C=O) groups is 1. The molecule has 2 atom stereocenters. The van der Waals surface area contributed by atoms with E-state index >= 15 is 0 Å². The first-order valence-electron chi connectivity index (χ1n) is 9.30. The van der Waals surface area contributed by atoms with Crippen molar-refractivity contribution < 1.29 is 14.6 Å². The summed E-state index contributed by atoms with van der Waals surface area (Å²) < 4.78 is 5.91. The van der Waals surface area contributed by atoms with Crippen LogP contribution in [0.4, 0.5) is 0 Å². The zero-order chi connectivity index (χ0) is 18.4. The maximum Gasteiger partial charge on any atom is 0.219 e. The Balaban J connectivity index is 1.83. The minimum atomic E-state index is -0.542. The highest BCUT2D eigenvalue weighted by atomic mass is 16.5. The highest BCUT2D eigenvalue weighted by molar-refractivity contribution is 5.75. The predicted molar refractivity (Wildman–Crippen MR) is 100 cm³/mol. The van der Waals surface area contributed by atoms with E-state index in [9.17, 15) is 9.90 Å². The van der Waals surface area contributed by atoms with Gasteiger partial charge in [0.25, 0.3) is 0 Å². The monoisotopic (exact) mass is 348 g/mol. The summed E-state index contributed by atoms with van der Waals surface area (Å²) >= 11 is 0. The fourth-order valence-corrected chi connectivity index (χ4v) is 3.35. The molecule has 0 bridgehead atoms. The van der Waals surface area contributed by atoms with Gasteiger partial charge in [0.15, 0.2) is 0 Å². The van der Waals surface area contributed by atoms with Crippen LogP contribution in [0.15, 0.2) is 12.1 Å². The van der Waals surface area contributed by atoms with Gasteiger partial charge in [-0.1, -0.05) is 19.1 Å². The number of nitrogens with zero attached hydrogens (tertiary/aromatic N) is 1. The van der Waals surface area contributed by atoms with E-state index < -0.39 is 6.10 Å². The topological polar surface area (TPSA) is 61.8 Å². The number of hydrogen-bond donors (Lipinski definition) is 2. The molecule has 5 heteroatoms. The van der Waals surface area contributed by atoms with E-state index in [1.807, 2.05) is 13.8 Å². The lowest BCUT2D eigenvalue weighted by molar-refractivity contribution is -0.121. The Morgan fingerprint density at radius 1 is 1.36 bits per heavy atom. The minimum absolute atomic E-state index is 0.0983. The number of rotatable bonds is 7. The maximum atomic E-state index is 11.6. The molecule has 0 aliphatic carbocycles. The Bertz CT molecular complexity index is 589. The summed E-state index contributed by atoms with van der Waals surface area (Å²) in [6, 6.07) is 4.33. The number of aryl methyl sites for hydroxylation is 2. The molecule has 0 radical (unpaired) electrons. The van der Waals surface area contributed by atoms with E-state index in [0.29, 0.717) is 13.0 Å². The Kier molecular flexibility index (Phi) is 7.26. The first kappa shape index (κ1) is 19.7. The maximum absolute atomic E-state index is 11.6. The minimum Gasteiger partial charge on any atom is -0.490 e. The van der Waals surface area contributed by atoms with Gasteiger partial charge in [0.1, 0.15) is 18.5 Å². The van der Waals surface area contributed by atoms with E-state index in [-0.39, 0.29) is 18.6 Å². The van der Waals surface area contributed by atoms with Gasteiger partial charge < -0.3 is 15.2 Å². The van der Waals surface area contributed by atoms with Crippen LogP contribution >= 0.6 is 0 Å². The second-order valence-electron chi connectivity index (χ2n) is 7.14. The van der Waals surface area contributed by atoms with E-state index in [1.165, 1.54) is 5.56 Å². The summed E-state index contributed by atoms with van der Waals surface area (Å²) in [5.41, 5.74) is 3.42. The van der Waals surface area contributed by atoms with Crippen molar-refractivity contribution >= 4 is 5.91 Å². The molecule has 0 aromatic heterocycles. The van der Waals surface area contributed by atoms with E-state index in [4.69, 9.17) is 4.74 Å². The summed E-state index contributed by atoms with van der Waals surface area (Å²) in [6.07, 6.45) is 2.02. The zero-order valence-electron chi connectivity index (χ0n) is 16.0. The Labute approximate surface area is 151 Å². The van der Waals surface area contributed by atoms with Crippen LogP contribution in [0.25, 0.3) is 0 Å². The lowest BCUT2D eigenvalue weighted by atomic mass is 10.0. The van der Waals surface area contributed by atoms with Gasteiger partial charge in [0, 0.05) is 25.6 Å². The number of carbonyl (C=O) groups excluding carboxylic acids is 1. The molecule has 1 aliphatic heterocycles. The number of nitrogens with one attached hydrogen (secondary N) is 1. The lowest BCUT2D eigenvalue weighted by Gasteiger charge is -2.34. The molecule has 1 fully saturated rings. The standard InChI is InChI=1S/C20H32N2O3/c1-5-19(24)21-17-7-6-10-22(11-17)12-18(23)13-25-20-15(3)9-8-14(2)16(20)4/h8-9,17-18,23H,5-7,10-13H2,1-4H3,(H,21,24). The second-order valence-corrected chi connectivity index (χ2v) is 7.14. The first-order valence-corrected chi connectivity index (χ1v) is 9.30. The smallest absolute Gasteiger partial charge is 0.219 e. The van der Waals surface area contributed by atoms with Crippen LogP contribution in [0.1, 0.15) is 42.9 Å². The SMILES string of the molecule is CCC(=O)NC1CCCN(CC(O)COc2c(C)ccc(C)c2C)C1. The summed E-state index contributed by atoms with van der Waals surface area (Å²) in [7, 11) is 0. The number of β-amino-alcohol motifs (C(OH)–C–C–N with tert-alkyl or cyclic N) is 1. The fraction of sp³-hybridized carbons (Fsp3) is 0.650. The summed E-state index contributed by atoms with van der Waals surface area (Å²) in [5, 5.41) is 13.4. The molecule has 1 amide bonds. The normalized spacial score (nSPS) is 19.5. The molecular weight excluding hydrogens is 316 g/mol. The van der Waals surface area contributed by atoms with Crippen LogP contribution in [0.3, 0.4) is 0 Å². The third kappa shape index (κ3) is 5.72. The number of hydrogen-bond acceptors (Lipinski definition) is 4. The van der Waals surface area contributed by atoms with Crippen LogP contribution < -0.4 is 10.1 Å². The molecule has 0 spiro atoms. The number of likely N-dealkylation sites (tertiary alicyclic amines) is 1. The van der Waals surface area contributed by atoms with Crippen molar-refractivity contribution in [3.05, 3.63) is 28.8 Å². The molecule has 1 heterocycles. The van der Waals surface area contributed by atoms with Crippen molar-refractivity contribution in [2.24, 2.45) is 0 Å². The number of ether oxygens (including phenoxy) is 1. The largest absolute Gasteiger partial charge is 0.490 e. The van der Waals surface area contributed by atoms with E-state index in [2.05, 4.69) is 36.2 Å². The number of piperidine rings is 1. The highest BCUT2D eigenvalue weighted by Gasteiger charge is 2.23. The van der Waals surface area contributed by atoms with Crippen molar-refractivity contribution in [3.8, 4) is 5.75 Å². The van der Waals surface area contributed by atoms with Gasteiger partial charge in [-0.2, -0.15) is 0 Å². The number of benzene rings is 1. The molecule has 1 aromatic rings. The van der Waals surface area contributed by atoms with Crippen molar-refractivity contribution in [1.82, 2.24) is 10.2 Å². The zero-order valence-corrected chi connectivity index (χ0v) is 16.0. The molecule has 140 valence electrons. The Hall–Kier alpha value is -1.59. The predicted octanol–water partition coefficient (Wildman–Crippen LogP) is 2.34.